The SMILES string of the molecule is CC/C=C\C/C=C\C/C=C\C/C=C\CCCCCCCCCCCCCOCC(COP(=O)([O-])OCC[N+](C)(C)C)OC(=O)CCCCCCCCCCCCCCCCCCCCCC. The number of carbonyl (C=O) groups excluding carboxylic acids is 1. The van der Waals surface area contributed by atoms with Crippen LogP contribution in [0.3, 0.4) is 0 Å². The van der Waals surface area contributed by atoms with Crippen molar-refractivity contribution in [3.8, 4) is 0 Å². The fraction of sp³-hybridized carbons (Fsp3) is 0.842. The molecule has 9 heteroatoms. The van der Waals surface area contributed by atoms with Crippen LogP contribution < -0.4 is 4.89 Å². The maximum atomic E-state index is 12.8. The summed E-state index contributed by atoms with van der Waals surface area (Å²) in [7, 11) is 1.36. The molecule has 0 aliphatic heterocycles. The van der Waals surface area contributed by atoms with Crippen molar-refractivity contribution in [1.29, 1.82) is 0 Å². The number of ether oxygens (including phenoxy) is 2. The first-order valence-electron chi connectivity index (χ1n) is 27.9. The molecule has 0 rings (SSSR count). The van der Waals surface area contributed by atoms with Gasteiger partial charge in [0.15, 0.2) is 0 Å². The van der Waals surface area contributed by atoms with E-state index >= 15 is 0 Å². The number of quaternary nitrogens is 1. The molecule has 0 aliphatic rings. The maximum Gasteiger partial charge on any atom is 0.306 e. The summed E-state index contributed by atoms with van der Waals surface area (Å²) >= 11 is 0. The van der Waals surface area contributed by atoms with Gasteiger partial charge in [-0.15, -0.1) is 0 Å². The first-order chi connectivity index (χ1) is 32.1. The van der Waals surface area contributed by atoms with Crippen molar-refractivity contribution >= 4 is 13.8 Å². The molecule has 388 valence electrons. The number of likely N-dealkylation sites (N-methyl/N-ethyl adjacent to an activating group) is 1. The van der Waals surface area contributed by atoms with Gasteiger partial charge in [-0.05, 0) is 51.4 Å². The second-order valence-electron chi connectivity index (χ2n) is 19.9. The number of phosphoric acid groups is 1. The molecule has 66 heavy (non-hydrogen) atoms. The largest absolute Gasteiger partial charge is 0.756 e. The second-order valence-corrected chi connectivity index (χ2v) is 21.3. The molecule has 0 fully saturated rings. The van der Waals surface area contributed by atoms with Crippen LogP contribution in [0, 0.1) is 0 Å². The van der Waals surface area contributed by atoms with E-state index in [0.29, 0.717) is 24.1 Å². The fourth-order valence-electron chi connectivity index (χ4n) is 7.89. The number of rotatable bonds is 52. The summed E-state index contributed by atoms with van der Waals surface area (Å²) in [5, 5.41) is 0. The lowest BCUT2D eigenvalue weighted by Gasteiger charge is -2.28. The molecule has 0 N–H and O–H groups in total. The highest BCUT2D eigenvalue weighted by molar-refractivity contribution is 7.45. The number of carbonyl (C=O) groups is 1. The molecular weight excluding hydrogens is 842 g/mol. The highest BCUT2D eigenvalue weighted by atomic mass is 31.2. The molecule has 0 aliphatic carbocycles. The monoisotopic (exact) mass is 950 g/mol. The zero-order valence-electron chi connectivity index (χ0n) is 44.1. The number of hydrogen-bond donors (Lipinski definition) is 0. The summed E-state index contributed by atoms with van der Waals surface area (Å²) in [4.78, 5) is 25.2. The van der Waals surface area contributed by atoms with Crippen molar-refractivity contribution in [3.63, 3.8) is 0 Å². The third kappa shape index (κ3) is 53.4. The molecule has 2 unspecified atom stereocenters. The van der Waals surface area contributed by atoms with Gasteiger partial charge in [-0.2, -0.15) is 0 Å². The van der Waals surface area contributed by atoms with Gasteiger partial charge in [0.05, 0.1) is 34.4 Å². The number of hydrogen-bond acceptors (Lipinski definition) is 7. The minimum Gasteiger partial charge on any atom is -0.756 e. The molecule has 0 bridgehead atoms. The molecule has 0 heterocycles. The van der Waals surface area contributed by atoms with Crippen molar-refractivity contribution in [3.05, 3.63) is 48.6 Å². The summed E-state index contributed by atoms with van der Waals surface area (Å²) in [6, 6.07) is 0. The van der Waals surface area contributed by atoms with Crippen LogP contribution in [0.4, 0.5) is 0 Å². The maximum absolute atomic E-state index is 12.8. The van der Waals surface area contributed by atoms with Crippen LogP contribution in [0.2, 0.25) is 0 Å². The van der Waals surface area contributed by atoms with E-state index in [1.807, 2.05) is 21.1 Å². The van der Waals surface area contributed by atoms with E-state index in [1.54, 1.807) is 0 Å². The smallest absolute Gasteiger partial charge is 0.306 e. The Bertz CT molecular complexity index is 1200. The lowest BCUT2D eigenvalue weighted by molar-refractivity contribution is -0.870. The van der Waals surface area contributed by atoms with Gasteiger partial charge in [-0.3, -0.25) is 9.36 Å². The zero-order chi connectivity index (χ0) is 48.3. The third-order valence-electron chi connectivity index (χ3n) is 12.1. The van der Waals surface area contributed by atoms with Gasteiger partial charge in [0.1, 0.15) is 19.3 Å². The van der Waals surface area contributed by atoms with E-state index in [4.69, 9.17) is 18.5 Å². The third-order valence-corrected chi connectivity index (χ3v) is 13.1. The Morgan fingerprint density at radius 2 is 0.879 bits per heavy atom. The number of allylic oxidation sites excluding steroid dienone is 8. The lowest BCUT2D eigenvalue weighted by Crippen LogP contribution is -2.37. The van der Waals surface area contributed by atoms with Crippen LogP contribution in [0.1, 0.15) is 251 Å². The van der Waals surface area contributed by atoms with Crippen molar-refractivity contribution in [2.45, 2.75) is 258 Å². The normalized spacial score (nSPS) is 13.8. The van der Waals surface area contributed by atoms with Gasteiger partial charge in [-0.1, -0.05) is 242 Å². The van der Waals surface area contributed by atoms with Gasteiger partial charge < -0.3 is 27.9 Å². The molecule has 0 radical (unpaired) electrons. The molecule has 0 saturated carbocycles. The fourth-order valence-corrected chi connectivity index (χ4v) is 8.62. The quantitative estimate of drug-likeness (QED) is 0.0197. The Labute approximate surface area is 409 Å². The molecular formula is C57H108NO7P. The van der Waals surface area contributed by atoms with Gasteiger partial charge in [-0.25, -0.2) is 0 Å². The van der Waals surface area contributed by atoms with E-state index in [1.165, 1.54) is 173 Å². The summed E-state index contributed by atoms with van der Waals surface area (Å²) in [6.45, 7) is 5.34. The number of phosphoric ester groups is 1. The minimum absolute atomic E-state index is 0.0262. The van der Waals surface area contributed by atoms with E-state index in [9.17, 15) is 14.3 Å². The van der Waals surface area contributed by atoms with E-state index in [0.717, 1.165) is 57.8 Å². The van der Waals surface area contributed by atoms with E-state index < -0.39 is 13.9 Å². The van der Waals surface area contributed by atoms with Crippen molar-refractivity contribution < 1.29 is 37.3 Å². The first-order valence-corrected chi connectivity index (χ1v) is 29.3. The highest BCUT2D eigenvalue weighted by Gasteiger charge is 2.20. The van der Waals surface area contributed by atoms with E-state index in [2.05, 4.69) is 62.5 Å². The zero-order valence-corrected chi connectivity index (χ0v) is 45.0. The van der Waals surface area contributed by atoms with Gasteiger partial charge in [0, 0.05) is 13.0 Å². The summed E-state index contributed by atoms with van der Waals surface area (Å²) in [5.74, 6) is -0.330. The first kappa shape index (κ1) is 64.5. The standard InChI is InChI=1S/C57H108NO7P/c1-6-8-10-12-14-16-18-20-22-24-26-28-29-30-31-33-35-37-39-41-43-45-47-49-52-62-54-56(55-64-66(60,61)63-53-51-58(3,4)5)65-57(59)50-48-46-44-42-40-38-36-34-32-27-25-23-21-19-17-15-13-11-9-7-2/h8,10,14,16,20,22,26,28,56H,6-7,9,11-13,15,17-19,21,23-25,27,29-55H2,1-5H3/b10-8-,16-14-,22-20-,28-26-. The molecule has 0 amide bonds. The summed E-state index contributed by atoms with van der Waals surface area (Å²) in [5.41, 5.74) is 0. The topological polar surface area (TPSA) is 94.1 Å². The van der Waals surface area contributed by atoms with Gasteiger partial charge in [0.2, 0.25) is 0 Å². The van der Waals surface area contributed by atoms with Crippen LogP contribution in [0.15, 0.2) is 48.6 Å². The van der Waals surface area contributed by atoms with Crippen LogP contribution in [-0.4, -0.2) is 70.7 Å². The predicted octanol–water partition coefficient (Wildman–Crippen LogP) is 16.8. The number of esters is 1. The predicted molar refractivity (Wildman–Crippen MR) is 282 cm³/mol. The Balaban J connectivity index is 4.07. The Morgan fingerprint density at radius 1 is 0.485 bits per heavy atom. The molecule has 8 nitrogen and oxygen atoms in total. The van der Waals surface area contributed by atoms with Crippen LogP contribution in [0.25, 0.3) is 0 Å². The van der Waals surface area contributed by atoms with Gasteiger partial charge >= 0.3 is 5.97 Å². The Hall–Kier alpha value is -1.54. The average Bonchev–Trinajstić information content (AvgIpc) is 3.28. The molecule has 0 aromatic rings. The van der Waals surface area contributed by atoms with Crippen molar-refractivity contribution in [2.24, 2.45) is 0 Å². The molecule has 2 atom stereocenters. The molecule has 0 spiro atoms. The van der Waals surface area contributed by atoms with Crippen LogP contribution in [0.5, 0.6) is 0 Å². The van der Waals surface area contributed by atoms with Crippen molar-refractivity contribution in [1.82, 2.24) is 0 Å². The lowest BCUT2D eigenvalue weighted by atomic mass is 10.0. The average molecular weight is 950 g/mol. The van der Waals surface area contributed by atoms with Crippen LogP contribution in [-0.2, 0) is 27.9 Å². The van der Waals surface area contributed by atoms with Crippen molar-refractivity contribution in [2.75, 3.05) is 54.1 Å². The van der Waals surface area contributed by atoms with E-state index in [-0.39, 0.29) is 25.8 Å². The minimum atomic E-state index is -4.53. The molecule has 0 aromatic carbocycles. The number of nitrogens with zero attached hydrogens (tertiary/aromatic N) is 1. The molecule has 0 saturated heterocycles. The number of unbranched alkanes of at least 4 members (excludes halogenated alkanes) is 30. The Morgan fingerprint density at radius 3 is 1.32 bits per heavy atom. The summed E-state index contributed by atoms with van der Waals surface area (Å²) < 4.78 is 34.8. The van der Waals surface area contributed by atoms with Gasteiger partial charge in [0.25, 0.3) is 7.82 Å². The summed E-state index contributed by atoms with van der Waals surface area (Å²) in [6.07, 6.45) is 62.9. The van der Waals surface area contributed by atoms with Crippen LogP contribution >= 0.6 is 7.82 Å². The Kier molecular flexibility index (Phi) is 48.7. The highest BCUT2D eigenvalue weighted by Crippen LogP contribution is 2.38. The second kappa shape index (κ2) is 49.9. The molecule has 0 aromatic heterocycles.